The third kappa shape index (κ3) is 3.47. The number of nitrogen functional groups attached to an aromatic ring is 1. The van der Waals surface area contributed by atoms with E-state index in [2.05, 4.69) is 5.10 Å². The summed E-state index contributed by atoms with van der Waals surface area (Å²) < 4.78 is 1.85. The van der Waals surface area contributed by atoms with Crippen LogP contribution in [0.4, 0.5) is 5.69 Å². The van der Waals surface area contributed by atoms with Gasteiger partial charge >= 0.3 is 5.97 Å². The Hall–Kier alpha value is -1.56. The molecule has 6 nitrogen and oxygen atoms in total. The van der Waals surface area contributed by atoms with Crippen LogP contribution in [0.1, 0.15) is 39.7 Å². The number of piperidine rings is 1. The van der Waals surface area contributed by atoms with Crippen molar-refractivity contribution in [3.05, 3.63) is 12.4 Å². The molecule has 0 saturated carbocycles. The lowest BCUT2D eigenvalue weighted by Crippen LogP contribution is -2.40. The van der Waals surface area contributed by atoms with Crippen LogP contribution in [0, 0.1) is 5.41 Å². The number of aromatic nitrogens is 2. The van der Waals surface area contributed by atoms with Crippen LogP contribution in [0.2, 0.25) is 0 Å². The number of hydrogen-bond donors (Lipinski definition) is 1. The summed E-state index contributed by atoms with van der Waals surface area (Å²) in [5, 5.41) is 5.96. The zero-order chi connectivity index (χ0) is 14.0. The van der Waals surface area contributed by atoms with E-state index in [-0.39, 0.29) is 12.0 Å². The predicted molar refractivity (Wildman–Crippen MR) is 72.0 cm³/mol. The minimum absolute atomic E-state index is 0.201. The summed E-state index contributed by atoms with van der Waals surface area (Å²) in [6.07, 6.45) is 5.45. The molecule has 0 radical (unpaired) electrons. The van der Waals surface area contributed by atoms with Crippen molar-refractivity contribution in [3.63, 3.8) is 0 Å². The summed E-state index contributed by atoms with van der Waals surface area (Å²) in [4.78, 5) is 17.3. The van der Waals surface area contributed by atoms with Gasteiger partial charge in [-0.15, -0.1) is 5.06 Å². The zero-order valence-electron chi connectivity index (χ0n) is 11.8. The summed E-state index contributed by atoms with van der Waals surface area (Å²) in [5.41, 5.74) is 5.85. The summed E-state index contributed by atoms with van der Waals surface area (Å²) in [6, 6.07) is 0.207. The van der Waals surface area contributed by atoms with Gasteiger partial charge in [-0.3, -0.25) is 4.68 Å². The van der Waals surface area contributed by atoms with Gasteiger partial charge in [-0.1, -0.05) is 0 Å². The van der Waals surface area contributed by atoms with Gasteiger partial charge in [-0.2, -0.15) is 5.10 Å². The maximum absolute atomic E-state index is 11.9. The van der Waals surface area contributed by atoms with Crippen LogP contribution >= 0.6 is 0 Å². The molecule has 1 fully saturated rings. The first kappa shape index (κ1) is 13.9. The molecule has 0 spiro atoms. The Morgan fingerprint density at radius 3 is 2.84 bits per heavy atom. The van der Waals surface area contributed by atoms with E-state index in [1.807, 2.05) is 31.6 Å². The third-order valence-corrected chi connectivity index (χ3v) is 3.18. The van der Waals surface area contributed by atoms with Crippen LogP contribution in [0.3, 0.4) is 0 Å². The predicted octanol–water partition coefficient (Wildman–Crippen LogP) is 1.61. The Kier molecular flexibility index (Phi) is 3.80. The number of anilines is 1. The van der Waals surface area contributed by atoms with Gasteiger partial charge in [0.05, 0.1) is 29.9 Å². The number of carbonyl (C=O) groups excluding carboxylic acids is 1. The highest BCUT2D eigenvalue weighted by Gasteiger charge is 2.29. The lowest BCUT2D eigenvalue weighted by molar-refractivity contribution is -0.207. The van der Waals surface area contributed by atoms with Crippen LogP contribution in [0.25, 0.3) is 0 Å². The number of carbonyl (C=O) groups is 1. The first-order valence-electron chi connectivity index (χ1n) is 6.63. The highest BCUT2D eigenvalue weighted by molar-refractivity contribution is 5.75. The fourth-order valence-corrected chi connectivity index (χ4v) is 2.03. The number of nitrogens with zero attached hydrogens (tertiary/aromatic N) is 3. The van der Waals surface area contributed by atoms with Gasteiger partial charge in [-0.25, -0.2) is 4.79 Å². The van der Waals surface area contributed by atoms with Crippen molar-refractivity contribution < 1.29 is 9.63 Å². The SMILES string of the molecule is CC(C)(C)C(=O)ON1CCCC(n2cc(N)cn2)C1. The molecular formula is C13H22N4O2. The van der Waals surface area contributed by atoms with Crippen molar-refractivity contribution in [1.29, 1.82) is 0 Å². The molecule has 106 valence electrons. The average molecular weight is 266 g/mol. The molecule has 1 aromatic heterocycles. The van der Waals surface area contributed by atoms with Crippen LogP contribution in [0.5, 0.6) is 0 Å². The van der Waals surface area contributed by atoms with Crippen molar-refractivity contribution in [2.75, 3.05) is 18.8 Å². The lowest BCUT2D eigenvalue weighted by atomic mass is 9.98. The standard InChI is InChI=1S/C13H22N4O2/c1-13(2,3)12(18)19-16-6-4-5-11(9-16)17-8-10(14)7-15-17/h7-8,11H,4-6,9,14H2,1-3H3. The van der Waals surface area contributed by atoms with Crippen LogP contribution in [-0.4, -0.2) is 33.9 Å². The minimum atomic E-state index is -0.483. The second kappa shape index (κ2) is 5.21. The van der Waals surface area contributed by atoms with Crippen molar-refractivity contribution in [1.82, 2.24) is 14.8 Å². The van der Waals surface area contributed by atoms with E-state index in [0.717, 1.165) is 19.4 Å². The summed E-state index contributed by atoms with van der Waals surface area (Å²) in [5.74, 6) is -0.201. The van der Waals surface area contributed by atoms with Gasteiger partial charge in [-0.05, 0) is 33.6 Å². The van der Waals surface area contributed by atoms with Crippen LogP contribution in [0.15, 0.2) is 12.4 Å². The third-order valence-electron chi connectivity index (χ3n) is 3.18. The van der Waals surface area contributed by atoms with Crippen LogP contribution < -0.4 is 5.73 Å². The fourth-order valence-electron chi connectivity index (χ4n) is 2.03. The molecule has 0 aromatic carbocycles. The Morgan fingerprint density at radius 1 is 1.53 bits per heavy atom. The molecule has 1 unspecified atom stereocenters. The smallest absolute Gasteiger partial charge is 0.330 e. The average Bonchev–Trinajstić information content (AvgIpc) is 2.75. The number of nitrogens with two attached hydrogens (primary N) is 1. The Balaban J connectivity index is 1.96. The van der Waals surface area contributed by atoms with E-state index in [9.17, 15) is 4.79 Å². The van der Waals surface area contributed by atoms with Gasteiger partial charge in [0, 0.05) is 12.7 Å². The highest BCUT2D eigenvalue weighted by Crippen LogP contribution is 2.24. The number of hydrogen-bond acceptors (Lipinski definition) is 5. The van der Waals surface area contributed by atoms with Gasteiger partial charge in [0.25, 0.3) is 0 Å². The number of hydroxylamine groups is 2. The van der Waals surface area contributed by atoms with Crippen molar-refractivity contribution in [2.24, 2.45) is 5.41 Å². The molecular weight excluding hydrogens is 244 g/mol. The van der Waals surface area contributed by atoms with Gasteiger partial charge in [0.2, 0.25) is 0 Å². The molecule has 0 bridgehead atoms. The molecule has 1 aliphatic heterocycles. The molecule has 0 aliphatic carbocycles. The Morgan fingerprint density at radius 2 is 2.26 bits per heavy atom. The maximum Gasteiger partial charge on any atom is 0.330 e. The van der Waals surface area contributed by atoms with Gasteiger partial charge in [0.1, 0.15) is 0 Å². The Bertz CT molecular complexity index is 450. The molecule has 1 atom stereocenters. The molecule has 2 heterocycles. The van der Waals surface area contributed by atoms with E-state index in [0.29, 0.717) is 12.2 Å². The van der Waals surface area contributed by atoms with E-state index in [1.54, 1.807) is 11.3 Å². The normalized spacial score (nSPS) is 21.3. The lowest BCUT2D eigenvalue weighted by Gasteiger charge is -2.32. The molecule has 1 saturated heterocycles. The van der Waals surface area contributed by atoms with E-state index >= 15 is 0 Å². The molecule has 2 rings (SSSR count). The highest BCUT2D eigenvalue weighted by atomic mass is 16.7. The largest absolute Gasteiger partial charge is 0.396 e. The van der Waals surface area contributed by atoms with E-state index in [4.69, 9.17) is 10.6 Å². The first-order chi connectivity index (χ1) is 8.86. The molecule has 1 aliphatic rings. The summed E-state index contributed by atoms with van der Waals surface area (Å²) >= 11 is 0. The molecule has 19 heavy (non-hydrogen) atoms. The molecule has 2 N–H and O–H groups in total. The Labute approximate surface area is 113 Å². The van der Waals surface area contributed by atoms with E-state index < -0.39 is 5.41 Å². The minimum Gasteiger partial charge on any atom is -0.396 e. The zero-order valence-corrected chi connectivity index (χ0v) is 11.8. The first-order valence-corrected chi connectivity index (χ1v) is 6.63. The quantitative estimate of drug-likeness (QED) is 0.880. The summed E-state index contributed by atoms with van der Waals surface area (Å²) in [7, 11) is 0. The van der Waals surface area contributed by atoms with E-state index in [1.165, 1.54) is 0 Å². The fraction of sp³-hybridized carbons (Fsp3) is 0.692. The van der Waals surface area contributed by atoms with Crippen LogP contribution in [-0.2, 0) is 9.63 Å². The molecule has 0 amide bonds. The number of rotatable bonds is 2. The maximum atomic E-state index is 11.9. The molecule has 1 aromatic rings. The topological polar surface area (TPSA) is 73.4 Å². The van der Waals surface area contributed by atoms with Crippen molar-refractivity contribution in [2.45, 2.75) is 39.7 Å². The van der Waals surface area contributed by atoms with Crippen molar-refractivity contribution >= 4 is 11.7 Å². The van der Waals surface area contributed by atoms with Crippen molar-refractivity contribution in [3.8, 4) is 0 Å². The molecule has 6 heteroatoms. The van der Waals surface area contributed by atoms with Gasteiger partial charge < -0.3 is 10.6 Å². The van der Waals surface area contributed by atoms with Gasteiger partial charge in [0.15, 0.2) is 0 Å². The monoisotopic (exact) mass is 266 g/mol. The second-order valence-corrected chi connectivity index (χ2v) is 6.07. The second-order valence-electron chi connectivity index (χ2n) is 6.07. The summed E-state index contributed by atoms with van der Waals surface area (Å²) in [6.45, 7) is 6.99.